The first kappa shape index (κ1) is 36.4. The minimum atomic E-state index is -1.51. The molecule has 0 spiro atoms. The molecule has 6 rings (SSSR count). The van der Waals surface area contributed by atoms with Crippen molar-refractivity contribution in [3.05, 3.63) is 71.3 Å². The molecule has 2 saturated heterocycles. The number of esters is 1. The van der Waals surface area contributed by atoms with E-state index in [1.807, 2.05) is 55.5 Å². The lowest BCUT2D eigenvalue weighted by Crippen LogP contribution is -2.36. The van der Waals surface area contributed by atoms with Crippen LogP contribution >= 0.6 is 0 Å². The van der Waals surface area contributed by atoms with Crippen LogP contribution in [0.2, 0.25) is 0 Å². The Morgan fingerprint density at radius 2 is 1.63 bits per heavy atom. The number of nitrogens with zero attached hydrogens (tertiary/aromatic N) is 5. The van der Waals surface area contributed by atoms with Gasteiger partial charge < -0.3 is 42.8 Å². The molecule has 4 aromatic rings. The highest BCUT2D eigenvalue weighted by molar-refractivity contribution is 5.89. The summed E-state index contributed by atoms with van der Waals surface area (Å²) in [6.07, 6.45) is -5.10. The molecular weight excluding hydrogens is 680 g/mol. The highest BCUT2D eigenvalue weighted by Gasteiger charge is 2.51. The Kier molecular flexibility index (Phi) is 10.8. The molecule has 17 heteroatoms. The number of carbonyl (C=O) groups is 3. The summed E-state index contributed by atoms with van der Waals surface area (Å²) < 4.78 is 38.9. The first-order valence-electron chi connectivity index (χ1n) is 16.8. The summed E-state index contributed by atoms with van der Waals surface area (Å²) in [5, 5.41) is 25.5. The lowest BCUT2D eigenvalue weighted by atomic mass is 9.98. The van der Waals surface area contributed by atoms with Crippen LogP contribution in [-0.4, -0.2) is 105 Å². The van der Waals surface area contributed by atoms with Crippen LogP contribution in [-0.2, 0) is 51.7 Å². The fourth-order valence-electron chi connectivity index (χ4n) is 6.22. The number of tetrazole rings is 1. The van der Waals surface area contributed by atoms with Gasteiger partial charge in [-0.25, -0.2) is 19.4 Å². The quantitative estimate of drug-likeness (QED) is 0.121. The van der Waals surface area contributed by atoms with Gasteiger partial charge in [-0.05, 0) is 42.2 Å². The fourth-order valence-corrected chi connectivity index (χ4v) is 6.22. The summed E-state index contributed by atoms with van der Waals surface area (Å²) in [5.41, 5.74) is 2.14. The molecule has 52 heavy (non-hydrogen) atoms. The number of carbonyl (C=O) groups excluding carboxylic acids is 3. The monoisotopic (exact) mass is 720 g/mol. The highest BCUT2D eigenvalue weighted by Crippen LogP contribution is 2.33. The van der Waals surface area contributed by atoms with Gasteiger partial charge in [-0.15, -0.1) is 10.2 Å². The molecular formula is C35H40N6O11. The zero-order chi connectivity index (χ0) is 37.0. The second-order valence-corrected chi connectivity index (χ2v) is 12.8. The largest absolute Gasteiger partial charge is 0.511 e. The second-order valence-electron chi connectivity index (χ2n) is 12.8. The van der Waals surface area contributed by atoms with E-state index in [0.29, 0.717) is 18.1 Å². The van der Waals surface area contributed by atoms with E-state index in [4.69, 9.17) is 28.4 Å². The number of nitrogens with one attached hydrogen (secondary N) is 1. The lowest BCUT2D eigenvalue weighted by molar-refractivity contribution is -0.0994. The van der Waals surface area contributed by atoms with Crippen molar-refractivity contribution in [1.29, 1.82) is 0 Å². The molecule has 276 valence electrons. The Labute approximate surface area is 298 Å². The van der Waals surface area contributed by atoms with Crippen LogP contribution in [0.15, 0.2) is 48.5 Å². The molecule has 0 aliphatic carbocycles. The summed E-state index contributed by atoms with van der Waals surface area (Å²) in [6, 6.07) is 15.5. The predicted molar refractivity (Wildman–Crippen MR) is 179 cm³/mol. The van der Waals surface area contributed by atoms with Crippen LogP contribution in [0.3, 0.4) is 0 Å². The van der Waals surface area contributed by atoms with E-state index in [0.717, 1.165) is 28.7 Å². The summed E-state index contributed by atoms with van der Waals surface area (Å²) in [7, 11) is 1.19. The van der Waals surface area contributed by atoms with Gasteiger partial charge in [0.25, 0.3) is 0 Å². The Morgan fingerprint density at radius 3 is 2.23 bits per heavy atom. The number of benzene rings is 2. The molecule has 5 atom stereocenters. The van der Waals surface area contributed by atoms with Gasteiger partial charge in [0.05, 0.1) is 20.3 Å². The van der Waals surface area contributed by atoms with Crippen LogP contribution in [0.1, 0.15) is 61.7 Å². The molecule has 0 bridgehead atoms. The molecule has 2 aromatic carbocycles. The average molecular weight is 721 g/mol. The first-order chi connectivity index (χ1) is 25.0. The highest BCUT2D eigenvalue weighted by atomic mass is 16.8. The molecule has 2 aliphatic rings. The van der Waals surface area contributed by atoms with Gasteiger partial charge in [0.2, 0.25) is 12.1 Å². The van der Waals surface area contributed by atoms with Crippen molar-refractivity contribution < 1.29 is 52.6 Å². The third-order valence-electron chi connectivity index (χ3n) is 8.57. The average Bonchev–Trinajstić information content (AvgIpc) is 3.92. The van der Waals surface area contributed by atoms with Gasteiger partial charge in [-0.3, -0.25) is 0 Å². The Morgan fingerprint density at radius 1 is 0.981 bits per heavy atom. The number of aryl methyl sites for hydroxylation is 1. The Bertz CT molecular complexity index is 1870. The third-order valence-corrected chi connectivity index (χ3v) is 8.57. The van der Waals surface area contributed by atoms with Crippen LogP contribution < -0.4 is 0 Å². The molecule has 2 N–H and O–H groups in total. The van der Waals surface area contributed by atoms with Gasteiger partial charge >= 0.3 is 18.3 Å². The standard InChI is InChI=1S/C35H40N6O11/c1-6-9-26-36-30(35(3,4)45)27(41(26)16-20-12-14-21(15-13-20)22-10-7-8-11-23(22)31-37-39-40-38-31)32(42)49-19(2)50-34(44)52-25-18-48-28-24(17-47-29(25)28)51-33(43)46-5/h7-8,10-15,19,24-25,28-29,45H,6,9,16-18H2,1-5H3,(H,37,38,39,40)/t19?,24-,25-,28+,29+/m1/s1. The number of hydrogen-bond acceptors (Lipinski definition) is 15. The van der Waals surface area contributed by atoms with Gasteiger partial charge in [0, 0.05) is 25.5 Å². The summed E-state index contributed by atoms with van der Waals surface area (Å²) in [5.74, 6) is 0.192. The van der Waals surface area contributed by atoms with Crippen molar-refractivity contribution >= 4 is 18.3 Å². The van der Waals surface area contributed by atoms with Gasteiger partial charge in [0.1, 0.15) is 29.3 Å². The number of rotatable bonds is 12. The van der Waals surface area contributed by atoms with Gasteiger partial charge in [-0.2, -0.15) is 5.21 Å². The van der Waals surface area contributed by atoms with Gasteiger partial charge in [-0.1, -0.05) is 55.5 Å². The van der Waals surface area contributed by atoms with Crippen molar-refractivity contribution in [3.63, 3.8) is 0 Å². The van der Waals surface area contributed by atoms with Gasteiger partial charge in [0.15, 0.2) is 17.9 Å². The number of aliphatic hydroxyl groups is 1. The number of methoxy groups -OCH3 is 1. The maximum Gasteiger partial charge on any atom is 0.511 e. The van der Waals surface area contributed by atoms with E-state index in [9.17, 15) is 19.5 Å². The summed E-state index contributed by atoms with van der Waals surface area (Å²) >= 11 is 0. The molecule has 17 nitrogen and oxygen atoms in total. The topological polar surface area (TPSA) is 208 Å². The van der Waals surface area contributed by atoms with E-state index in [-0.39, 0.29) is 31.1 Å². The smallest absolute Gasteiger partial charge is 0.438 e. The minimum Gasteiger partial charge on any atom is -0.438 e. The first-order valence-corrected chi connectivity index (χ1v) is 16.8. The SMILES string of the molecule is CCCc1nc(C(C)(C)O)c(C(=O)OC(C)OC(=O)O[C@@H]2CO[C@@H]3[C@H]2OC[C@H]3OC(=O)OC)n1Cc1ccc(-c2ccccc2-c2nn[nH]n2)cc1. The number of imidazole rings is 1. The molecule has 4 heterocycles. The number of aromatic nitrogens is 6. The van der Waals surface area contributed by atoms with E-state index in [1.165, 1.54) is 27.9 Å². The Hall–Kier alpha value is -5.39. The molecule has 0 amide bonds. The van der Waals surface area contributed by atoms with Crippen molar-refractivity contribution in [1.82, 2.24) is 30.2 Å². The number of ether oxygens (including phenoxy) is 7. The van der Waals surface area contributed by atoms with Crippen LogP contribution in [0.4, 0.5) is 9.59 Å². The number of H-pyrrole nitrogens is 1. The maximum atomic E-state index is 13.8. The third kappa shape index (κ3) is 7.90. The predicted octanol–water partition coefficient (Wildman–Crippen LogP) is 3.93. The van der Waals surface area contributed by atoms with E-state index >= 15 is 0 Å². The molecule has 0 saturated carbocycles. The van der Waals surface area contributed by atoms with E-state index in [2.05, 4.69) is 30.3 Å². The molecule has 0 radical (unpaired) electrons. The Balaban J connectivity index is 1.16. The molecule has 2 fully saturated rings. The number of hydrogen-bond donors (Lipinski definition) is 2. The zero-order valence-electron chi connectivity index (χ0n) is 29.3. The zero-order valence-corrected chi connectivity index (χ0v) is 29.3. The minimum absolute atomic E-state index is 0.0225. The van der Waals surface area contributed by atoms with Crippen molar-refractivity contribution in [3.8, 4) is 22.5 Å². The summed E-state index contributed by atoms with van der Waals surface area (Å²) in [6.45, 7) is 6.65. The maximum absolute atomic E-state index is 13.8. The molecule has 2 aromatic heterocycles. The van der Waals surface area contributed by atoms with Crippen LogP contribution in [0.25, 0.3) is 22.5 Å². The number of fused-ring (bicyclic) bond motifs is 1. The fraction of sp³-hybridized carbons (Fsp3) is 0.457. The molecule has 2 aliphatic heterocycles. The normalized spacial score (nSPS) is 20.2. The van der Waals surface area contributed by atoms with Crippen molar-refractivity contribution in [2.75, 3.05) is 20.3 Å². The lowest BCUT2D eigenvalue weighted by Gasteiger charge is -2.21. The van der Waals surface area contributed by atoms with Crippen LogP contribution in [0.5, 0.6) is 0 Å². The second kappa shape index (κ2) is 15.5. The number of aromatic amines is 1. The summed E-state index contributed by atoms with van der Waals surface area (Å²) in [4.78, 5) is 42.8. The van der Waals surface area contributed by atoms with E-state index < -0.39 is 54.6 Å². The van der Waals surface area contributed by atoms with E-state index in [1.54, 1.807) is 4.57 Å². The molecule has 1 unspecified atom stereocenters. The van der Waals surface area contributed by atoms with Crippen molar-refractivity contribution in [2.45, 2.75) is 83.4 Å². The van der Waals surface area contributed by atoms with Crippen molar-refractivity contribution in [2.24, 2.45) is 0 Å². The van der Waals surface area contributed by atoms with Crippen LogP contribution in [0, 0.1) is 0 Å².